The molecule has 0 radical (unpaired) electrons. The van der Waals surface area contributed by atoms with Crippen molar-refractivity contribution in [3.8, 4) is 5.75 Å². The van der Waals surface area contributed by atoms with Gasteiger partial charge in [0.25, 0.3) is 0 Å². The molecule has 29 heavy (non-hydrogen) atoms. The smallest absolute Gasteiger partial charge is 0.341 e. The number of benzene rings is 1. The van der Waals surface area contributed by atoms with Crippen molar-refractivity contribution < 1.29 is 19.1 Å². The third-order valence-corrected chi connectivity index (χ3v) is 4.96. The number of esters is 2. The highest BCUT2D eigenvalue weighted by molar-refractivity contribution is 5.95. The molecule has 0 amide bonds. The standard InChI is InChI=1S/C25H38O4/c1-4-5-6-7-8-9-10-11-12-13-14-15-16-18-22-19-17-20-23(29-21(2)26)24(22)25(27)28-3/h9-10,17,19-20H,4-8,11-16,18H2,1-3H3/b10-9-. The fourth-order valence-corrected chi connectivity index (χ4v) is 3.39. The summed E-state index contributed by atoms with van der Waals surface area (Å²) in [5.41, 5.74) is 1.25. The van der Waals surface area contributed by atoms with Gasteiger partial charge in [0.05, 0.1) is 7.11 Å². The Morgan fingerprint density at radius 2 is 1.52 bits per heavy atom. The van der Waals surface area contributed by atoms with Crippen LogP contribution >= 0.6 is 0 Å². The molecule has 1 rings (SSSR count). The van der Waals surface area contributed by atoms with E-state index in [9.17, 15) is 9.59 Å². The summed E-state index contributed by atoms with van der Waals surface area (Å²) in [6.45, 7) is 3.57. The van der Waals surface area contributed by atoms with Crippen LogP contribution in [0.15, 0.2) is 30.4 Å². The largest absolute Gasteiger partial charge is 0.465 e. The summed E-state index contributed by atoms with van der Waals surface area (Å²) in [6.07, 6.45) is 18.9. The van der Waals surface area contributed by atoms with Gasteiger partial charge in [0, 0.05) is 6.92 Å². The van der Waals surface area contributed by atoms with Crippen molar-refractivity contribution in [2.24, 2.45) is 0 Å². The molecule has 0 aliphatic rings. The molecule has 0 fully saturated rings. The van der Waals surface area contributed by atoms with Gasteiger partial charge in [-0.05, 0) is 50.2 Å². The summed E-state index contributed by atoms with van der Waals surface area (Å²) in [4.78, 5) is 23.4. The van der Waals surface area contributed by atoms with Crippen LogP contribution in [0.2, 0.25) is 0 Å². The van der Waals surface area contributed by atoms with Crippen molar-refractivity contribution in [1.29, 1.82) is 0 Å². The van der Waals surface area contributed by atoms with Gasteiger partial charge in [-0.2, -0.15) is 0 Å². The molecule has 0 aliphatic carbocycles. The quantitative estimate of drug-likeness (QED) is 0.140. The van der Waals surface area contributed by atoms with Gasteiger partial charge in [0.2, 0.25) is 0 Å². The summed E-state index contributed by atoms with van der Waals surface area (Å²) in [7, 11) is 1.34. The Labute approximate surface area is 176 Å². The maximum Gasteiger partial charge on any atom is 0.341 e. The monoisotopic (exact) mass is 402 g/mol. The van der Waals surface area contributed by atoms with Crippen molar-refractivity contribution in [1.82, 2.24) is 0 Å². The lowest BCUT2D eigenvalue weighted by molar-refractivity contribution is -0.131. The first-order chi connectivity index (χ1) is 14.1. The van der Waals surface area contributed by atoms with Gasteiger partial charge in [-0.25, -0.2) is 4.79 Å². The summed E-state index contributed by atoms with van der Waals surface area (Å²) in [5.74, 6) is -0.621. The summed E-state index contributed by atoms with van der Waals surface area (Å²) >= 11 is 0. The normalized spacial score (nSPS) is 11.0. The number of aryl methyl sites for hydroxylation is 1. The van der Waals surface area contributed by atoms with Crippen LogP contribution in [0, 0.1) is 0 Å². The van der Waals surface area contributed by atoms with Gasteiger partial charge in [-0.15, -0.1) is 0 Å². The first kappa shape index (κ1) is 24.9. The second kappa shape index (κ2) is 15.8. The molecule has 4 nitrogen and oxygen atoms in total. The predicted octanol–water partition coefficient (Wildman–Crippen LogP) is 6.81. The van der Waals surface area contributed by atoms with Crippen LogP contribution < -0.4 is 4.74 Å². The summed E-state index contributed by atoms with van der Waals surface area (Å²) < 4.78 is 10.1. The van der Waals surface area contributed by atoms with E-state index in [1.165, 1.54) is 71.8 Å². The van der Waals surface area contributed by atoms with E-state index in [0.717, 1.165) is 24.8 Å². The van der Waals surface area contributed by atoms with Gasteiger partial charge in [-0.1, -0.05) is 69.7 Å². The molecule has 0 spiro atoms. The Kier molecular flexibility index (Phi) is 13.6. The predicted molar refractivity (Wildman–Crippen MR) is 118 cm³/mol. The highest BCUT2D eigenvalue weighted by Crippen LogP contribution is 2.25. The first-order valence-electron chi connectivity index (χ1n) is 11.1. The molecule has 0 saturated carbocycles. The van der Waals surface area contributed by atoms with Gasteiger partial charge in [-0.3, -0.25) is 4.79 Å². The zero-order valence-electron chi connectivity index (χ0n) is 18.5. The van der Waals surface area contributed by atoms with Crippen molar-refractivity contribution in [2.75, 3.05) is 7.11 Å². The van der Waals surface area contributed by atoms with E-state index >= 15 is 0 Å². The molecule has 0 aliphatic heterocycles. The van der Waals surface area contributed by atoms with Crippen molar-refractivity contribution >= 4 is 11.9 Å². The number of ether oxygens (including phenoxy) is 2. The minimum absolute atomic E-state index is 0.281. The van der Waals surface area contributed by atoms with E-state index in [1.807, 2.05) is 12.1 Å². The SMILES string of the molecule is CCCCCC/C=C\CCCCCCCc1cccc(OC(C)=O)c1C(=O)OC. The molecule has 0 heterocycles. The fraction of sp³-hybridized carbons (Fsp3) is 0.600. The van der Waals surface area contributed by atoms with Crippen molar-refractivity contribution in [3.63, 3.8) is 0 Å². The zero-order valence-corrected chi connectivity index (χ0v) is 18.5. The molecule has 0 unspecified atom stereocenters. The van der Waals surface area contributed by atoms with Crippen LogP contribution in [0.25, 0.3) is 0 Å². The minimum atomic E-state index is -0.460. The molecular formula is C25H38O4. The van der Waals surface area contributed by atoms with Crippen molar-refractivity contribution in [3.05, 3.63) is 41.5 Å². The van der Waals surface area contributed by atoms with E-state index in [2.05, 4.69) is 19.1 Å². The topological polar surface area (TPSA) is 52.6 Å². The van der Waals surface area contributed by atoms with Crippen LogP contribution in [0.4, 0.5) is 0 Å². The highest BCUT2D eigenvalue weighted by atomic mass is 16.5. The molecule has 1 aromatic rings. The molecule has 4 heteroatoms. The van der Waals surface area contributed by atoms with Crippen LogP contribution in [0.1, 0.15) is 100 Å². The lowest BCUT2D eigenvalue weighted by Gasteiger charge is -2.12. The first-order valence-corrected chi connectivity index (χ1v) is 11.1. The van der Waals surface area contributed by atoms with E-state index in [4.69, 9.17) is 9.47 Å². The third-order valence-electron chi connectivity index (χ3n) is 4.96. The Bertz CT molecular complexity index is 634. The molecule has 0 N–H and O–H groups in total. The number of allylic oxidation sites excluding steroid dienone is 2. The number of unbranched alkanes of at least 4 members (excludes halogenated alkanes) is 9. The van der Waals surface area contributed by atoms with Gasteiger partial charge in [0.1, 0.15) is 11.3 Å². The average molecular weight is 403 g/mol. The molecule has 162 valence electrons. The average Bonchev–Trinajstić information content (AvgIpc) is 2.70. The second-order valence-corrected chi connectivity index (χ2v) is 7.50. The van der Waals surface area contributed by atoms with Gasteiger partial charge in [0.15, 0.2) is 0 Å². The number of methoxy groups -OCH3 is 1. The molecule has 0 atom stereocenters. The van der Waals surface area contributed by atoms with E-state index in [1.54, 1.807) is 6.07 Å². The molecular weight excluding hydrogens is 364 g/mol. The van der Waals surface area contributed by atoms with Crippen LogP contribution in [-0.2, 0) is 16.0 Å². The number of rotatable bonds is 15. The fourth-order valence-electron chi connectivity index (χ4n) is 3.39. The molecule has 0 bridgehead atoms. The zero-order chi connectivity index (χ0) is 21.3. The van der Waals surface area contributed by atoms with Crippen LogP contribution in [0.5, 0.6) is 5.75 Å². The number of hydrogen-bond donors (Lipinski definition) is 0. The maximum absolute atomic E-state index is 12.2. The molecule has 1 aromatic carbocycles. The Morgan fingerprint density at radius 3 is 2.14 bits per heavy atom. The Hall–Kier alpha value is -2.10. The van der Waals surface area contributed by atoms with Gasteiger partial charge >= 0.3 is 11.9 Å². The molecule has 0 saturated heterocycles. The second-order valence-electron chi connectivity index (χ2n) is 7.50. The van der Waals surface area contributed by atoms with Crippen molar-refractivity contribution in [2.45, 2.75) is 90.9 Å². The number of carbonyl (C=O) groups is 2. The summed E-state index contributed by atoms with van der Waals surface area (Å²) in [5, 5.41) is 0. The number of carbonyl (C=O) groups excluding carboxylic acids is 2. The van der Waals surface area contributed by atoms with Crippen LogP contribution in [0.3, 0.4) is 0 Å². The number of hydrogen-bond acceptors (Lipinski definition) is 4. The lowest BCUT2D eigenvalue weighted by atomic mass is 9.99. The third kappa shape index (κ3) is 10.9. The lowest BCUT2D eigenvalue weighted by Crippen LogP contribution is -2.11. The van der Waals surface area contributed by atoms with E-state index in [-0.39, 0.29) is 5.75 Å². The Balaban J connectivity index is 2.30. The molecule has 0 aromatic heterocycles. The van der Waals surface area contributed by atoms with E-state index < -0.39 is 11.9 Å². The van der Waals surface area contributed by atoms with Gasteiger partial charge < -0.3 is 9.47 Å². The Morgan fingerprint density at radius 1 is 0.897 bits per heavy atom. The van der Waals surface area contributed by atoms with Crippen LogP contribution in [-0.4, -0.2) is 19.0 Å². The van der Waals surface area contributed by atoms with E-state index in [0.29, 0.717) is 5.56 Å². The highest BCUT2D eigenvalue weighted by Gasteiger charge is 2.19. The summed E-state index contributed by atoms with van der Waals surface area (Å²) in [6, 6.07) is 5.35. The maximum atomic E-state index is 12.2. The minimum Gasteiger partial charge on any atom is -0.465 e.